The molecule has 0 amide bonds. The number of aryl methyl sites for hydroxylation is 2. The molecule has 0 saturated carbocycles. The van der Waals surface area contributed by atoms with Gasteiger partial charge in [-0.15, -0.1) is 0 Å². The number of hydrogen-bond acceptors (Lipinski definition) is 2. The van der Waals surface area contributed by atoms with Crippen LogP contribution in [0.15, 0.2) is 36.5 Å². The summed E-state index contributed by atoms with van der Waals surface area (Å²) < 4.78 is 13.3. The number of benzene rings is 1. The van der Waals surface area contributed by atoms with Crippen molar-refractivity contribution in [3.05, 3.63) is 53.6 Å². The van der Waals surface area contributed by atoms with Gasteiger partial charge >= 0.3 is 0 Å². The first-order valence-electron chi connectivity index (χ1n) is 7.32. The highest BCUT2D eigenvalue weighted by Gasteiger charge is 2.18. The minimum atomic E-state index is -0.235. The van der Waals surface area contributed by atoms with E-state index in [9.17, 15) is 4.39 Å². The smallest absolute Gasteiger partial charge is 0.139 e. The normalized spacial score (nSPS) is 14.1. The van der Waals surface area contributed by atoms with E-state index in [-0.39, 0.29) is 5.82 Å². The second-order valence-corrected chi connectivity index (χ2v) is 5.51. The molecule has 0 atom stereocenters. The average molecular weight is 281 g/mol. The molecular weight excluding hydrogens is 265 g/mol. The van der Waals surface area contributed by atoms with Crippen molar-refractivity contribution in [3.8, 4) is 0 Å². The van der Waals surface area contributed by atoms with Gasteiger partial charge < -0.3 is 10.3 Å². The molecule has 3 nitrogen and oxygen atoms in total. The summed E-state index contributed by atoms with van der Waals surface area (Å²) in [5.41, 5.74) is 5.34. The number of halogens is 1. The third kappa shape index (κ3) is 2.17. The summed E-state index contributed by atoms with van der Waals surface area (Å²) in [4.78, 5) is 7.86. The number of fused-ring (bicyclic) bond motifs is 3. The molecule has 0 bridgehead atoms. The van der Waals surface area contributed by atoms with Crippen LogP contribution < -0.4 is 5.32 Å². The molecule has 1 aromatic carbocycles. The molecular formula is C17H16FN3. The zero-order valence-corrected chi connectivity index (χ0v) is 11.6. The first-order valence-corrected chi connectivity index (χ1v) is 7.32. The Morgan fingerprint density at radius 2 is 2.05 bits per heavy atom. The van der Waals surface area contributed by atoms with Gasteiger partial charge in [0, 0.05) is 23.0 Å². The highest BCUT2D eigenvalue weighted by atomic mass is 19.1. The molecule has 0 unspecified atom stereocenters. The molecule has 0 radical (unpaired) electrons. The van der Waals surface area contributed by atoms with Gasteiger partial charge in [-0.1, -0.05) is 6.07 Å². The van der Waals surface area contributed by atoms with E-state index in [1.54, 1.807) is 12.3 Å². The Hall–Kier alpha value is -2.36. The van der Waals surface area contributed by atoms with Crippen LogP contribution in [-0.4, -0.2) is 9.97 Å². The molecule has 21 heavy (non-hydrogen) atoms. The van der Waals surface area contributed by atoms with Gasteiger partial charge in [0.1, 0.15) is 11.5 Å². The van der Waals surface area contributed by atoms with Gasteiger partial charge in [0.15, 0.2) is 0 Å². The van der Waals surface area contributed by atoms with Crippen molar-refractivity contribution in [2.45, 2.75) is 25.7 Å². The molecule has 0 saturated heterocycles. The zero-order valence-electron chi connectivity index (χ0n) is 11.6. The third-order valence-electron chi connectivity index (χ3n) is 4.09. The summed E-state index contributed by atoms with van der Waals surface area (Å²) in [7, 11) is 0. The second-order valence-electron chi connectivity index (χ2n) is 5.51. The lowest BCUT2D eigenvalue weighted by Crippen LogP contribution is -2.01. The highest BCUT2D eigenvalue weighted by molar-refractivity contribution is 5.95. The number of nitrogens with one attached hydrogen (secondary N) is 2. The summed E-state index contributed by atoms with van der Waals surface area (Å²) in [6.45, 7) is 0. The quantitative estimate of drug-likeness (QED) is 0.734. The minimum absolute atomic E-state index is 0.235. The maximum absolute atomic E-state index is 13.3. The molecule has 2 N–H and O–H groups in total. The Balaban J connectivity index is 1.83. The Morgan fingerprint density at radius 1 is 1.14 bits per heavy atom. The van der Waals surface area contributed by atoms with Crippen LogP contribution in [0.5, 0.6) is 0 Å². The van der Waals surface area contributed by atoms with Gasteiger partial charge in [-0.05, 0) is 55.5 Å². The fourth-order valence-corrected chi connectivity index (χ4v) is 3.15. The van der Waals surface area contributed by atoms with E-state index < -0.39 is 0 Å². The monoisotopic (exact) mass is 281 g/mol. The summed E-state index contributed by atoms with van der Waals surface area (Å²) in [6, 6.07) is 8.49. The van der Waals surface area contributed by atoms with E-state index in [0.29, 0.717) is 0 Å². The number of H-pyrrole nitrogens is 1. The molecule has 106 valence electrons. The first-order chi connectivity index (χ1) is 10.3. The van der Waals surface area contributed by atoms with Crippen molar-refractivity contribution in [2.75, 3.05) is 5.32 Å². The van der Waals surface area contributed by atoms with Crippen LogP contribution in [0.1, 0.15) is 24.1 Å². The van der Waals surface area contributed by atoms with E-state index in [4.69, 9.17) is 0 Å². The number of aromatic nitrogens is 2. The summed E-state index contributed by atoms with van der Waals surface area (Å²) in [5.74, 6) is -0.235. The fraction of sp³-hybridized carbons (Fsp3) is 0.235. The lowest BCUT2D eigenvalue weighted by molar-refractivity contribution is 0.628. The van der Waals surface area contributed by atoms with E-state index in [1.807, 2.05) is 12.1 Å². The van der Waals surface area contributed by atoms with Crippen LogP contribution in [-0.2, 0) is 12.8 Å². The standard InChI is InChI=1S/C17H16FN3/c18-11-4-3-5-12(10-11)20-15-8-9-19-17-16(15)13-6-1-2-7-14(13)21-17/h3-5,8-10H,1-2,6-7H2,(H2,19,20,21). The van der Waals surface area contributed by atoms with Crippen LogP contribution in [0.3, 0.4) is 0 Å². The van der Waals surface area contributed by atoms with Gasteiger partial charge in [0.2, 0.25) is 0 Å². The molecule has 2 heterocycles. The first kappa shape index (κ1) is 12.4. The van der Waals surface area contributed by atoms with Crippen molar-refractivity contribution >= 4 is 22.4 Å². The molecule has 1 aliphatic carbocycles. The fourth-order valence-electron chi connectivity index (χ4n) is 3.15. The molecule has 2 aromatic heterocycles. The third-order valence-corrected chi connectivity index (χ3v) is 4.09. The SMILES string of the molecule is Fc1cccc(Nc2ccnc3[nH]c4c(c23)CCCC4)c1. The van der Waals surface area contributed by atoms with Crippen molar-refractivity contribution in [3.63, 3.8) is 0 Å². The number of aromatic amines is 1. The second kappa shape index (κ2) is 4.88. The molecule has 3 aromatic rings. The topological polar surface area (TPSA) is 40.7 Å². The molecule has 4 rings (SSSR count). The molecule has 0 spiro atoms. The lowest BCUT2D eigenvalue weighted by atomic mass is 9.95. The van der Waals surface area contributed by atoms with Crippen LogP contribution >= 0.6 is 0 Å². The van der Waals surface area contributed by atoms with Gasteiger partial charge in [-0.25, -0.2) is 9.37 Å². The number of nitrogens with zero attached hydrogens (tertiary/aromatic N) is 1. The molecule has 1 aliphatic rings. The summed E-state index contributed by atoms with van der Waals surface area (Å²) >= 11 is 0. The van der Waals surface area contributed by atoms with Crippen molar-refractivity contribution in [1.82, 2.24) is 9.97 Å². The Labute approximate surface area is 122 Å². The van der Waals surface area contributed by atoms with Gasteiger partial charge in [-0.2, -0.15) is 0 Å². The van der Waals surface area contributed by atoms with Crippen molar-refractivity contribution < 1.29 is 4.39 Å². The van der Waals surface area contributed by atoms with Crippen molar-refractivity contribution in [2.24, 2.45) is 0 Å². The van der Waals surface area contributed by atoms with E-state index in [2.05, 4.69) is 15.3 Å². The van der Waals surface area contributed by atoms with E-state index >= 15 is 0 Å². The number of hydrogen-bond donors (Lipinski definition) is 2. The molecule has 4 heteroatoms. The van der Waals surface area contributed by atoms with E-state index in [0.717, 1.165) is 35.2 Å². The van der Waals surface area contributed by atoms with Gasteiger partial charge in [-0.3, -0.25) is 0 Å². The Kier molecular flexibility index (Phi) is 2.88. The average Bonchev–Trinajstić information content (AvgIpc) is 2.87. The van der Waals surface area contributed by atoms with Crippen LogP contribution in [0.4, 0.5) is 15.8 Å². The molecule has 0 aliphatic heterocycles. The predicted molar refractivity (Wildman–Crippen MR) is 82.4 cm³/mol. The largest absolute Gasteiger partial charge is 0.355 e. The zero-order chi connectivity index (χ0) is 14.2. The number of anilines is 2. The van der Waals surface area contributed by atoms with Crippen molar-refractivity contribution in [1.29, 1.82) is 0 Å². The highest BCUT2D eigenvalue weighted by Crippen LogP contribution is 2.34. The summed E-state index contributed by atoms with van der Waals surface area (Å²) in [6.07, 6.45) is 6.40. The maximum Gasteiger partial charge on any atom is 0.139 e. The van der Waals surface area contributed by atoms with E-state index in [1.165, 1.54) is 36.2 Å². The Morgan fingerprint density at radius 3 is 2.95 bits per heavy atom. The Bertz CT molecular complexity index is 807. The number of pyridine rings is 1. The maximum atomic E-state index is 13.3. The predicted octanol–water partition coefficient (Wildman–Crippen LogP) is 4.32. The van der Waals surface area contributed by atoms with Gasteiger partial charge in [0.05, 0.1) is 5.69 Å². The lowest BCUT2D eigenvalue weighted by Gasteiger charge is -2.13. The minimum Gasteiger partial charge on any atom is -0.355 e. The van der Waals surface area contributed by atoms with Crippen LogP contribution in [0, 0.1) is 5.82 Å². The number of rotatable bonds is 2. The molecule has 0 fully saturated rings. The van der Waals surface area contributed by atoms with Crippen LogP contribution in [0.2, 0.25) is 0 Å². The van der Waals surface area contributed by atoms with Crippen LogP contribution in [0.25, 0.3) is 11.0 Å². The summed E-state index contributed by atoms with van der Waals surface area (Å²) in [5, 5.41) is 4.47. The van der Waals surface area contributed by atoms with Gasteiger partial charge in [0.25, 0.3) is 0 Å².